The molecule has 3 rings (SSSR count). The molecule has 5 nitrogen and oxygen atoms in total. The minimum Gasteiger partial charge on any atom is -0.349 e. The zero-order valence-corrected chi connectivity index (χ0v) is 12.4. The smallest absolute Gasteiger partial charge is 0.252 e. The maximum absolute atomic E-state index is 12.0. The van der Waals surface area contributed by atoms with Crippen molar-refractivity contribution in [2.75, 3.05) is 13.2 Å². The van der Waals surface area contributed by atoms with Gasteiger partial charge in [-0.1, -0.05) is 6.42 Å². The third-order valence-electron chi connectivity index (χ3n) is 4.19. The van der Waals surface area contributed by atoms with Crippen molar-refractivity contribution in [2.24, 2.45) is 0 Å². The van der Waals surface area contributed by atoms with Gasteiger partial charge in [0.25, 0.3) is 5.91 Å². The van der Waals surface area contributed by atoms with Crippen molar-refractivity contribution in [2.45, 2.75) is 50.9 Å². The maximum atomic E-state index is 12.0. The highest BCUT2D eigenvalue weighted by molar-refractivity contribution is 5.93. The van der Waals surface area contributed by atoms with Gasteiger partial charge in [-0.25, -0.2) is 0 Å². The quantitative estimate of drug-likeness (QED) is 0.927. The Morgan fingerprint density at radius 3 is 2.90 bits per heavy atom. The Morgan fingerprint density at radius 2 is 2.19 bits per heavy atom. The van der Waals surface area contributed by atoms with Gasteiger partial charge in [-0.3, -0.25) is 9.78 Å². The molecule has 1 amide bonds. The predicted molar refractivity (Wildman–Crippen MR) is 77.9 cm³/mol. The summed E-state index contributed by atoms with van der Waals surface area (Å²) in [5, 5.41) is 2.90. The Morgan fingerprint density at radius 1 is 1.38 bits per heavy atom. The molecule has 0 bridgehead atoms. The molecule has 1 saturated carbocycles. The third kappa shape index (κ3) is 3.41. The zero-order chi connectivity index (χ0) is 14.7. The van der Waals surface area contributed by atoms with E-state index in [4.69, 9.17) is 9.47 Å². The average molecular weight is 290 g/mol. The van der Waals surface area contributed by atoms with E-state index in [9.17, 15) is 4.79 Å². The van der Waals surface area contributed by atoms with Crippen LogP contribution in [0, 0.1) is 6.92 Å². The van der Waals surface area contributed by atoms with Crippen LogP contribution in [0.25, 0.3) is 0 Å². The molecular formula is C16H22N2O3. The van der Waals surface area contributed by atoms with E-state index in [2.05, 4.69) is 10.3 Å². The lowest BCUT2D eigenvalue weighted by Crippen LogP contribution is -2.37. The Balaban J connectivity index is 1.49. The van der Waals surface area contributed by atoms with Crippen molar-refractivity contribution in [3.63, 3.8) is 0 Å². The molecule has 2 fully saturated rings. The van der Waals surface area contributed by atoms with E-state index in [0.29, 0.717) is 18.7 Å². The molecule has 1 atom stereocenters. The molecule has 5 heteroatoms. The summed E-state index contributed by atoms with van der Waals surface area (Å²) in [5.74, 6) is -0.491. The number of aryl methyl sites for hydroxylation is 1. The van der Waals surface area contributed by atoms with Gasteiger partial charge in [0.2, 0.25) is 0 Å². The van der Waals surface area contributed by atoms with Crippen LogP contribution in [0.5, 0.6) is 0 Å². The number of rotatable bonds is 3. The van der Waals surface area contributed by atoms with Crippen molar-refractivity contribution in [3.05, 3.63) is 29.6 Å². The number of amides is 1. The molecule has 1 N–H and O–H groups in total. The standard InChI is InChI=1S/C16H22N2O3/c1-12-5-6-13(9-17-12)15(19)18-10-14-11-20-16(21-14)7-3-2-4-8-16/h5-6,9,14H,2-4,7-8,10-11H2,1H3,(H,18,19)/t14-/m1/s1. The summed E-state index contributed by atoms with van der Waals surface area (Å²) in [5.41, 5.74) is 1.48. The normalized spacial score (nSPS) is 24.1. The number of carbonyl (C=O) groups excluding carboxylic acids is 1. The van der Waals surface area contributed by atoms with Crippen LogP contribution in [0.3, 0.4) is 0 Å². The zero-order valence-electron chi connectivity index (χ0n) is 12.4. The van der Waals surface area contributed by atoms with Gasteiger partial charge in [0.15, 0.2) is 5.79 Å². The minimum absolute atomic E-state index is 0.0505. The first-order valence-electron chi connectivity index (χ1n) is 7.70. The molecule has 114 valence electrons. The van der Waals surface area contributed by atoms with Gasteiger partial charge < -0.3 is 14.8 Å². The van der Waals surface area contributed by atoms with Gasteiger partial charge in [0.05, 0.1) is 12.2 Å². The second-order valence-corrected chi connectivity index (χ2v) is 5.92. The number of nitrogens with zero attached hydrogens (tertiary/aromatic N) is 1. The number of hydrogen-bond donors (Lipinski definition) is 1. The van der Waals surface area contributed by atoms with Gasteiger partial charge in [-0.15, -0.1) is 0 Å². The summed E-state index contributed by atoms with van der Waals surface area (Å²) >= 11 is 0. The molecule has 1 spiro atoms. The fourth-order valence-corrected chi connectivity index (χ4v) is 2.98. The number of aromatic nitrogens is 1. The molecule has 2 aliphatic rings. The Bertz CT molecular complexity index is 495. The topological polar surface area (TPSA) is 60.5 Å². The van der Waals surface area contributed by atoms with Crippen LogP contribution in [-0.4, -0.2) is 35.9 Å². The van der Waals surface area contributed by atoms with Crippen LogP contribution < -0.4 is 5.32 Å². The Labute approximate surface area is 125 Å². The van der Waals surface area contributed by atoms with E-state index in [-0.39, 0.29) is 17.8 Å². The highest BCUT2D eigenvalue weighted by Crippen LogP contribution is 2.37. The van der Waals surface area contributed by atoms with Crippen LogP contribution in [0.4, 0.5) is 0 Å². The van der Waals surface area contributed by atoms with E-state index in [1.54, 1.807) is 12.3 Å². The van der Waals surface area contributed by atoms with E-state index < -0.39 is 0 Å². The first kappa shape index (κ1) is 14.5. The SMILES string of the molecule is Cc1ccc(C(=O)NC[C@@H]2COC3(CCCCC3)O2)cn1. The van der Waals surface area contributed by atoms with Crippen LogP contribution in [0.1, 0.15) is 48.2 Å². The molecule has 1 aliphatic heterocycles. The number of nitrogens with one attached hydrogen (secondary N) is 1. The maximum Gasteiger partial charge on any atom is 0.252 e. The molecule has 0 radical (unpaired) electrons. The largest absolute Gasteiger partial charge is 0.349 e. The summed E-state index contributed by atoms with van der Waals surface area (Å²) in [7, 11) is 0. The van der Waals surface area contributed by atoms with E-state index >= 15 is 0 Å². The van der Waals surface area contributed by atoms with Gasteiger partial charge in [0, 0.05) is 31.3 Å². The second kappa shape index (κ2) is 6.12. The summed E-state index contributed by atoms with van der Waals surface area (Å²) in [6.07, 6.45) is 7.07. The van der Waals surface area contributed by atoms with E-state index in [1.807, 2.05) is 13.0 Å². The second-order valence-electron chi connectivity index (χ2n) is 5.92. The molecular weight excluding hydrogens is 268 g/mol. The number of pyridine rings is 1. The van der Waals surface area contributed by atoms with Crippen LogP contribution >= 0.6 is 0 Å². The van der Waals surface area contributed by atoms with Crippen LogP contribution in [-0.2, 0) is 9.47 Å². The van der Waals surface area contributed by atoms with Crippen molar-refractivity contribution < 1.29 is 14.3 Å². The summed E-state index contributed by atoms with van der Waals surface area (Å²) < 4.78 is 11.9. The average Bonchev–Trinajstić information content (AvgIpc) is 2.89. The fraction of sp³-hybridized carbons (Fsp3) is 0.625. The summed E-state index contributed by atoms with van der Waals surface area (Å²) in [6, 6.07) is 3.62. The number of hydrogen-bond acceptors (Lipinski definition) is 4. The van der Waals surface area contributed by atoms with Gasteiger partial charge >= 0.3 is 0 Å². The molecule has 1 aliphatic carbocycles. The molecule has 1 saturated heterocycles. The summed E-state index contributed by atoms with van der Waals surface area (Å²) in [4.78, 5) is 16.2. The lowest BCUT2D eigenvalue weighted by molar-refractivity contribution is -0.186. The fourth-order valence-electron chi connectivity index (χ4n) is 2.98. The molecule has 21 heavy (non-hydrogen) atoms. The van der Waals surface area contributed by atoms with Crippen molar-refractivity contribution >= 4 is 5.91 Å². The predicted octanol–water partition coefficient (Wildman–Crippen LogP) is 2.20. The highest BCUT2D eigenvalue weighted by atomic mass is 16.7. The third-order valence-corrected chi connectivity index (χ3v) is 4.19. The first-order valence-corrected chi connectivity index (χ1v) is 7.70. The minimum atomic E-state index is -0.376. The van der Waals surface area contributed by atoms with Crippen LogP contribution in [0.15, 0.2) is 18.3 Å². The molecule has 0 unspecified atom stereocenters. The Hall–Kier alpha value is -1.46. The number of ether oxygens (including phenoxy) is 2. The van der Waals surface area contributed by atoms with E-state index in [0.717, 1.165) is 31.4 Å². The van der Waals surface area contributed by atoms with Gasteiger partial charge in [-0.2, -0.15) is 0 Å². The van der Waals surface area contributed by atoms with Crippen molar-refractivity contribution in [1.29, 1.82) is 0 Å². The molecule has 1 aromatic heterocycles. The first-order chi connectivity index (χ1) is 10.2. The highest BCUT2D eigenvalue weighted by Gasteiger charge is 2.42. The lowest BCUT2D eigenvalue weighted by Gasteiger charge is -2.31. The van der Waals surface area contributed by atoms with Gasteiger partial charge in [0.1, 0.15) is 6.10 Å². The number of carbonyl (C=O) groups is 1. The Kier molecular flexibility index (Phi) is 4.22. The summed E-state index contributed by atoms with van der Waals surface area (Å²) in [6.45, 7) is 2.94. The molecule has 2 heterocycles. The lowest BCUT2D eigenvalue weighted by atomic mass is 9.94. The monoisotopic (exact) mass is 290 g/mol. The molecule has 0 aromatic carbocycles. The van der Waals surface area contributed by atoms with Gasteiger partial charge in [-0.05, 0) is 31.9 Å². The van der Waals surface area contributed by atoms with Crippen molar-refractivity contribution in [3.8, 4) is 0 Å². The molecule has 1 aromatic rings. The van der Waals surface area contributed by atoms with E-state index in [1.165, 1.54) is 6.42 Å². The van der Waals surface area contributed by atoms with Crippen LogP contribution in [0.2, 0.25) is 0 Å². The van der Waals surface area contributed by atoms with Crippen molar-refractivity contribution in [1.82, 2.24) is 10.3 Å².